The highest BCUT2D eigenvalue weighted by atomic mass is 19.1. The first kappa shape index (κ1) is 21.2. The molecule has 2 aliphatic heterocycles. The molecular weight excluding hydrogens is 426 g/mol. The van der Waals surface area contributed by atoms with Crippen molar-refractivity contribution < 1.29 is 18.4 Å². The Morgan fingerprint density at radius 2 is 2.06 bits per heavy atom. The predicted molar refractivity (Wildman–Crippen MR) is 121 cm³/mol. The monoisotopic (exact) mass is 450 g/mol. The third kappa shape index (κ3) is 4.08. The van der Waals surface area contributed by atoms with Crippen LogP contribution in [0.1, 0.15) is 35.7 Å². The number of nitrogens with zero attached hydrogens (tertiary/aromatic N) is 4. The zero-order chi connectivity index (χ0) is 22.9. The second-order valence-electron chi connectivity index (χ2n) is 8.21. The summed E-state index contributed by atoms with van der Waals surface area (Å²) in [4.78, 5) is 11.8. The number of oxime groups is 1. The van der Waals surface area contributed by atoms with Crippen LogP contribution in [-0.2, 0) is 4.84 Å². The van der Waals surface area contributed by atoms with Crippen LogP contribution in [0, 0.1) is 18.6 Å². The first-order valence-electron chi connectivity index (χ1n) is 10.8. The Morgan fingerprint density at radius 1 is 1.18 bits per heavy atom. The van der Waals surface area contributed by atoms with Crippen LogP contribution in [-0.4, -0.2) is 40.5 Å². The summed E-state index contributed by atoms with van der Waals surface area (Å²) in [7, 11) is 1.64. The van der Waals surface area contributed by atoms with Gasteiger partial charge in [0.15, 0.2) is 5.84 Å². The molecule has 170 valence electrons. The number of halogens is 2. The molecule has 1 atom stereocenters. The first-order valence-corrected chi connectivity index (χ1v) is 10.8. The van der Waals surface area contributed by atoms with E-state index < -0.39 is 11.6 Å². The van der Waals surface area contributed by atoms with Gasteiger partial charge in [0.1, 0.15) is 24.0 Å². The third-order valence-corrected chi connectivity index (χ3v) is 6.02. The van der Waals surface area contributed by atoms with Crippen LogP contribution in [0.5, 0.6) is 5.75 Å². The maximum Gasteiger partial charge on any atom is 0.172 e. The van der Waals surface area contributed by atoms with E-state index in [2.05, 4.69) is 21.1 Å². The van der Waals surface area contributed by atoms with Gasteiger partial charge in [0, 0.05) is 24.4 Å². The van der Waals surface area contributed by atoms with Crippen LogP contribution < -0.4 is 4.74 Å². The van der Waals surface area contributed by atoms with Gasteiger partial charge in [0.2, 0.25) is 0 Å². The molecule has 0 bridgehead atoms. The molecule has 33 heavy (non-hydrogen) atoms. The van der Waals surface area contributed by atoms with Crippen molar-refractivity contribution in [3.8, 4) is 11.4 Å². The molecular formula is C25H24F2N4O2. The fraction of sp³-hybridized carbons (Fsp3) is 0.280. The normalized spacial score (nSPS) is 19.2. The molecule has 1 saturated heterocycles. The lowest BCUT2D eigenvalue weighted by Gasteiger charge is -2.40. The second-order valence-corrected chi connectivity index (χ2v) is 8.21. The minimum Gasteiger partial charge on any atom is -0.495 e. The zero-order valence-electron chi connectivity index (χ0n) is 18.5. The molecule has 0 aliphatic carbocycles. The molecule has 3 aromatic rings. The van der Waals surface area contributed by atoms with Crippen molar-refractivity contribution in [3.63, 3.8) is 0 Å². The molecule has 2 aliphatic rings. The fourth-order valence-electron chi connectivity index (χ4n) is 4.43. The van der Waals surface area contributed by atoms with Gasteiger partial charge in [0.25, 0.3) is 0 Å². The summed E-state index contributed by atoms with van der Waals surface area (Å²) in [5.41, 5.74) is 4.19. The highest BCUT2D eigenvalue weighted by molar-refractivity contribution is 6.03. The molecule has 3 heterocycles. The van der Waals surface area contributed by atoms with Crippen molar-refractivity contribution in [2.24, 2.45) is 5.16 Å². The van der Waals surface area contributed by atoms with Gasteiger partial charge >= 0.3 is 0 Å². The number of piperidine rings is 1. The molecule has 5 rings (SSSR count). The molecule has 2 aromatic carbocycles. The average molecular weight is 450 g/mol. The number of methoxy groups -OCH3 is 1. The maximum atomic E-state index is 14.5. The second kappa shape index (κ2) is 8.69. The highest BCUT2D eigenvalue weighted by Gasteiger charge is 2.34. The van der Waals surface area contributed by atoms with Gasteiger partial charge in [-0.1, -0.05) is 17.3 Å². The van der Waals surface area contributed by atoms with E-state index in [1.807, 2.05) is 35.9 Å². The Hall–Kier alpha value is -3.68. The molecule has 0 N–H and O–H groups in total. The Morgan fingerprint density at radius 3 is 2.82 bits per heavy atom. The maximum absolute atomic E-state index is 14.5. The van der Waals surface area contributed by atoms with E-state index in [9.17, 15) is 8.78 Å². The molecule has 1 fully saturated rings. The van der Waals surface area contributed by atoms with Gasteiger partial charge in [-0.15, -0.1) is 0 Å². The molecule has 1 aromatic heterocycles. The van der Waals surface area contributed by atoms with Crippen LogP contribution >= 0.6 is 0 Å². The van der Waals surface area contributed by atoms with E-state index in [0.29, 0.717) is 11.4 Å². The van der Waals surface area contributed by atoms with Crippen LogP contribution in [0.15, 0.2) is 59.7 Å². The van der Waals surface area contributed by atoms with Crippen molar-refractivity contribution in [3.05, 3.63) is 83.0 Å². The van der Waals surface area contributed by atoms with E-state index in [4.69, 9.17) is 9.57 Å². The van der Waals surface area contributed by atoms with Crippen LogP contribution in [0.4, 0.5) is 8.78 Å². The van der Waals surface area contributed by atoms with E-state index in [1.165, 1.54) is 12.1 Å². The molecule has 0 radical (unpaired) electrons. The summed E-state index contributed by atoms with van der Waals surface area (Å²) in [5.74, 6) is 0.248. The van der Waals surface area contributed by atoms with Gasteiger partial charge in [0.05, 0.1) is 30.9 Å². The number of imidazole rings is 1. The smallest absolute Gasteiger partial charge is 0.172 e. The van der Waals surface area contributed by atoms with Crippen molar-refractivity contribution in [2.45, 2.75) is 25.8 Å². The average Bonchev–Trinajstić information content (AvgIpc) is 3.25. The SMILES string of the molecule is COc1cc(C=C2CCCN3C2=NOC[C@H]3c2ccc(F)cc2F)ccc1-n1cnc(C)c1. The minimum absolute atomic E-state index is 0.214. The van der Waals surface area contributed by atoms with Crippen molar-refractivity contribution >= 4 is 11.9 Å². The molecule has 0 spiro atoms. The standard InChI is InChI=1S/C25H24F2N4O2/c1-16-13-30(15-28-16)22-8-5-17(11-24(22)32-2)10-18-4-3-9-31-23(14-33-29-25(18)31)20-7-6-19(26)12-21(20)27/h5-8,10-13,15,23H,3-4,9,14H2,1-2H3/t23-/m0/s1. The van der Waals surface area contributed by atoms with E-state index >= 15 is 0 Å². The van der Waals surface area contributed by atoms with Crippen molar-refractivity contribution in [1.29, 1.82) is 0 Å². The quantitative estimate of drug-likeness (QED) is 0.559. The number of amidine groups is 1. The molecule has 6 nitrogen and oxygen atoms in total. The molecule has 0 amide bonds. The Balaban J connectivity index is 1.46. The number of benzene rings is 2. The number of aromatic nitrogens is 2. The topological polar surface area (TPSA) is 51.9 Å². The molecule has 8 heteroatoms. The van der Waals surface area contributed by atoms with E-state index in [-0.39, 0.29) is 12.6 Å². The third-order valence-electron chi connectivity index (χ3n) is 6.02. The lowest BCUT2D eigenvalue weighted by Crippen LogP contribution is -2.44. The van der Waals surface area contributed by atoms with Crippen molar-refractivity contribution in [2.75, 3.05) is 20.3 Å². The summed E-state index contributed by atoms with van der Waals surface area (Å²) in [5, 5.41) is 4.30. The van der Waals surface area contributed by atoms with Crippen LogP contribution in [0.3, 0.4) is 0 Å². The summed E-state index contributed by atoms with van der Waals surface area (Å²) < 4.78 is 35.5. The lowest BCUT2D eigenvalue weighted by atomic mass is 9.95. The lowest BCUT2D eigenvalue weighted by molar-refractivity contribution is 0.0561. The first-order chi connectivity index (χ1) is 16.0. The van der Waals surface area contributed by atoms with E-state index in [1.54, 1.807) is 13.4 Å². The number of ether oxygens (including phenoxy) is 1. The van der Waals surface area contributed by atoms with Gasteiger partial charge in [-0.3, -0.25) is 0 Å². The largest absolute Gasteiger partial charge is 0.495 e. The fourth-order valence-corrected chi connectivity index (χ4v) is 4.43. The number of hydrogen-bond acceptors (Lipinski definition) is 5. The number of rotatable bonds is 4. The molecule has 0 saturated carbocycles. The van der Waals surface area contributed by atoms with Gasteiger partial charge in [-0.05, 0) is 55.2 Å². The van der Waals surface area contributed by atoms with Crippen molar-refractivity contribution in [1.82, 2.24) is 14.5 Å². The predicted octanol–water partition coefficient (Wildman–Crippen LogP) is 5.03. The Labute approximate surface area is 190 Å². The number of hydrogen-bond donors (Lipinski definition) is 0. The Bertz CT molecular complexity index is 1250. The Kier molecular flexibility index (Phi) is 5.58. The zero-order valence-corrected chi connectivity index (χ0v) is 18.5. The summed E-state index contributed by atoms with van der Waals surface area (Å²) in [6, 6.07) is 9.29. The number of fused-ring (bicyclic) bond motifs is 1. The van der Waals surface area contributed by atoms with Gasteiger partial charge in [-0.2, -0.15) is 0 Å². The van der Waals surface area contributed by atoms with Gasteiger partial charge in [-0.25, -0.2) is 13.8 Å². The summed E-state index contributed by atoms with van der Waals surface area (Å²) >= 11 is 0. The van der Waals surface area contributed by atoms with E-state index in [0.717, 1.165) is 53.7 Å². The van der Waals surface area contributed by atoms with Gasteiger partial charge < -0.3 is 19.0 Å². The summed E-state index contributed by atoms with van der Waals surface area (Å²) in [6.45, 7) is 2.88. The number of aryl methyl sites for hydroxylation is 1. The summed E-state index contributed by atoms with van der Waals surface area (Å²) in [6.07, 6.45) is 7.48. The van der Waals surface area contributed by atoms with Crippen LogP contribution in [0.2, 0.25) is 0 Å². The minimum atomic E-state index is -0.593. The van der Waals surface area contributed by atoms with Crippen LogP contribution in [0.25, 0.3) is 11.8 Å². The highest BCUT2D eigenvalue weighted by Crippen LogP contribution is 2.34. The molecule has 0 unspecified atom stereocenters.